The van der Waals surface area contributed by atoms with Gasteiger partial charge in [-0.1, -0.05) is 31.6 Å². The van der Waals surface area contributed by atoms with E-state index in [-0.39, 0.29) is 0 Å². The van der Waals surface area contributed by atoms with E-state index in [2.05, 4.69) is 60.3 Å². The molecule has 0 spiro atoms. The van der Waals surface area contributed by atoms with Crippen LogP contribution in [0.15, 0.2) is 24.3 Å². The summed E-state index contributed by atoms with van der Waals surface area (Å²) >= 11 is 0. The first-order valence-electron chi connectivity index (χ1n) is 6.43. The van der Waals surface area contributed by atoms with E-state index in [9.17, 15) is 0 Å². The van der Waals surface area contributed by atoms with Crippen molar-refractivity contribution in [3.8, 4) is 11.5 Å². The van der Waals surface area contributed by atoms with Crippen LogP contribution in [0.1, 0.15) is 18.4 Å². The predicted octanol–water partition coefficient (Wildman–Crippen LogP) is 3.52. The van der Waals surface area contributed by atoms with Crippen molar-refractivity contribution in [3.05, 3.63) is 29.8 Å². The lowest BCUT2D eigenvalue weighted by Gasteiger charge is -2.17. The zero-order valence-electron chi connectivity index (χ0n) is 11.1. The molecule has 0 aliphatic carbocycles. The number of hydrogen-bond donors (Lipinski definition) is 0. The van der Waals surface area contributed by atoms with Crippen LogP contribution in [-0.2, 0) is 0 Å². The topological polar surface area (TPSA) is 3.24 Å². The minimum absolute atomic E-state index is 1.16. The summed E-state index contributed by atoms with van der Waals surface area (Å²) in [4.78, 5) is 2.46. The van der Waals surface area contributed by atoms with Gasteiger partial charge in [0.05, 0.1) is 0 Å². The standard InChI is InChI=1S/C15H21NSi/c1-17(2,3)12-9-14-7-6-8-15(13-14)16-10-4-5-11-16/h6-8,13H,4-5,10-11H2,1-3H3. The SMILES string of the molecule is C[Si](C)(C)C#Cc1cccc(N2CCCC2)c1. The molecule has 1 aliphatic heterocycles. The van der Waals surface area contributed by atoms with Gasteiger partial charge in [-0.3, -0.25) is 0 Å². The van der Waals surface area contributed by atoms with Gasteiger partial charge in [-0.2, -0.15) is 0 Å². The molecule has 1 nitrogen and oxygen atoms in total. The Morgan fingerprint density at radius 2 is 1.82 bits per heavy atom. The normalized spacial score (nSPS) is 15.6. The molecule has 2 heteroatoms. The summed E-state index contributed by atoms with van der Waals surface area (Å²) in [5.41, 5.74) is 5.93. The quantitative estimate of drug-likeness (QED) is 0.539. The van der Waals surface area contributed by atoms with Gasteiger partial charge in [0.2, 0.25) is 0 Å². The first-order chi connectivity index (χ1) is 8.04. The second-order valence-corrected chi connectivity index (χ2v) is 10.5. The van der Waals surface area contributed by atoms with Gasteiger partial charge in [-0.05, 0) is 31.0 Å². The number of rotatable bonds is 1. The number of hydrogen-bond acceptors (Lipinski definition) is 1. The third kappa shape index (κ3) is 3.64. The zero-order chi connectivity index (χ0) is 12.3. The minimum atomic E-state index is -1.26. The van der Waals surface area contributed by atoms with Gasteiger partial charge in [0.15, 0.2) is 0 Å². The molecule has 1 aromatic rings. The van der Waals surface area contributed by atoms with Crippen LogP contribution >= 0.6 is 0 Å². The van der Waals surface area contributed by atoms with Crippen LogP contribution in [0.3, 0.4) is 0 Å². The van der Waals surface area contributed by atoms with E-state index in [4.69, 9.17) is 0 Å². The summed E-state index contributed by atoms with van der Waals surface area (Å²) in [5.74, 6) is 3.33. The zero-order valence-corrected chi connectivity index (χ0v) is 12.1. The molecule has 2 rings (SSSR count). The molecule has 1 heterocycles. The van der Waals surface area contributed by atoms with Crippen molar-refractivity contribution in [1.29, 1.82) is 0 Å². The lowest BCUT2D eigenvalue weighted by Crippen LogP contribution is -2.17. The van der Waals surface area contributed by atoms with Gasteiger partial charge in [0, 0.05) is 24.3 Å². The molecule has 0 bridgehead atoms. The van der Waals surface area contributed by atoms with E-state index >= 15 is 0 Å². The Kier molecular flexibility index (Phi) is 3.59. The van der Waals surface area contributed by atoms with E-state index in [1.54, 1.807) is 0 Å². The summed E-state index contributed by atoms with van der Waals surface area (Å²) in [6.07, 6.45) is 2.65. The number of benzene rings is 1. The first-order valence-corrected chi connectivity index (χ1v) is 9.93. The monoisotopic (exact) mass is 243 g/mol. The second kappa shape index (κ2) is 4.97. The molecule has 0 unspecified atom stereocenters. The van der Waals surface area contributed by atoms with Crippen molar-refractivity contribution >= 4 is 13.8 Å². The van der Waals surface area contributed by atoms with Gasteiger partial charge >= 0.3 is 0 Å². The van der Waals surface area contributed by atoms with E-state index in [1.807, 2.05) is 0 Å². The van der Waals surface area contributed by atoms with Crippen LogP contribution in [0.25, 0.3) is 0 Å². The van der Waals surface area contributed by atoms with Gasteiger partial charge < -0.3 is 4.90 Å². The van der Waals surface area contributed by atoms with Crippen LogP contribution in [-0.4, -0.2) is 21.2 Å². The molecule has 0 atom stereocenters. The highest BCUT2D eigenvalue weighted by Gasteiger charge is 2.12. The largest absolute Gasteiger partial charge is 0.371 e. The van der Waals surface area contributed by atoms with Gasteiger partial charge in [-0.25, -0.2) is 0 Å². The highest BCUT2D eigenvalue weighted by molar-refractivity contribution is 6.83. The highest BCUT2D eigenvalue weighted by atomic mass is 28.3. The summed E-state index contributed by atoms with van der Waals surface area (Å²) in [6.45, 7) is 9.24. The molecule has 0 amide bonds. The van der Waals surface area contributed by atoms with Gasteiger partial charge in [0.25, 0.3) is 0 Å². The summed E-state index contributed by atoms with van der Waals surface area (Å²) < 4.78 is 0. The molecule has 1 saturated heterocycles. The Morgan fingerprint density at radius 1 is 1.12 bits per heavy atom. The van der Waals surface area contributed by atoms with Crippen LogP contribution in [0.5, 0.6) is 0 Å². The maximum Gasteiger partial charge on any atom is 0.129 e. The fourth-order valence-electron chi connectivity index (χ4n) is 2.02. The molecule has 90 valence electrons. The van der Waals surface area contributed by atoms with Crippen molar-refractivity contribution in [2.24, 2.45) is 0 Å². The minimum Gasteiger partial charge on any atom is -0.371 e. The molecule has 1 aliphatic rings. The Bertz CT molecular complexity index is 442. The van der Waals surface area contributed by atoms with Gasteiger partial charge in [-0.15, -0.1) is 5.54 Å². The molecule has 0 N–H and O–H groups in total. The van der Waals surface area contributed by atoms with Crippen LogP contribution in [0.2, 0.25) is 19.6 Å². The summed E-state index contributed by atoms with van der Waals surface area (Å²) in [6, 6.07) is 8.68. The Balaban J connectivity index is 2.18. The smallest absolute Gasteiger partial charge is 0.129 e. The third-order valence-corrected chi connectivity index (χ3v) is 3.77. The Hall–Kier alpha value is -1.20. The van der Waals surface area contributed by atoms with E-state index in [0.29, 0.717) is 0 Å². The van der Waals surface area contributed by atoms with Crippen molar-refractivity contribution in [3.63, 3.8) is 0 Å². The van der Waals surface area contributed by atoms with Crippen LogP contribution < -0.4 is 4.90 Å². The van der Waals surface area contributed by atoms with E-state index in [0.717, 1.165) is 5.56 Å². The molecule has 17 heavy (non-hydrogen) atoms. The second-order valence-electron chi connectivity index (χ2n) is 5.74. The lowest BCUT2D eigenvalue weighted by atomic mass is 10.2. The molecule has 0 aromatic heterocycles. The highest BCUT2D eigenvalue weighted by Crippen LogP contribution is 2.20. The van der Waals surface area contributed by atoms with Crippen molar-refractivity contribution in [1.82, 2.24) is 0 Å². The van der Waals surface area contributed by atoms with E-state index in [1.165, 1.54) is 31.6 Å². The van der Waals surface area contributed by atoms with Crippen molar-refractivity contribution in [2.45, 2.75) is 32.5 Å². The maximum atomic E-state index is 3.43. The average Bonchev–Trinajstić information content (AvgIpc) is 2.79. The summed E-state index contributed by atoms with van der Waals surface area (Å²) in [7, 11) is -1.26. The summed E-state index contributed by atoms with van der Waals surface area (Å²) in [5, 5.41) is 0. The van der Waals surface area contributed by atoms with Crippen molar-refractivity contribution < 1.29 is 0 Å². The number of nitrogens with zero attached hydrogens (tertiary/aromatic N) is 1. The maximum absolute atomic E-state index is 3.43. The Morgan fingerprint density at radius 3 is 2.47 bits per heavy atom. The Labute approximate surface area is 106 Å². The first kappa shape index (κ1) is 12.3. The van der Waals surface area contributed by atoms with E-state index < -0.39 is 8.07 Å². The molecule has 0 radical (unpaired) electrons. The molecular weight excluding hydrogens is 222 g/mol. The molecule has 1 fully saturated rings. The number of anilines is 1. The van der Waals surface area contributed by atoms with Crippen LogP contribution in [0.4, 0.5) is 5.69 Å². The average molecular weight is 243 g/mol. The third-order valence-electron chi connectivity index (χ3n) is 2.90. The fraction of sp³-hybridized carbons (Fsp3) is 0.467. The van der Waals surface area contributed by atoms with Crippen molar-refractivity contribution in [2.75, 3.05) is 18.0 Å². The lowest BCUT2D eigenvalue weighted by molar-refractivity contribution is 0.949. The van der Waals surface area contributed by atoms with Crippen LogP contribution in [0, 0.1) is 11.5 Å². The predicted molar refractivity (Wildman–Crippen MR) is 78.1 cm³/mol. The molecule has 1 aromatic carbocycles. The molecular formula is C15H21NSi. The van der Waals surface area contributed by atoms with Gasteiger partial charge in [0.1, 0.15) is 8.07 Å². The molecule has 0 saturated carbocycles. The fourth-order valence-corrected chi connectivity index (χ4v) is 2.53.